The van der Waals surface area contributed by atoms with Crippen LogP contribution in [-0.4, -0.2) is 35.8 Å². The van der Waals surface area contributed by atoms with Crippen LogP contribution in [0.4, 0.5) is 4.39 Å². The minimum absolute atomic E-state index is 0.0140. The van der Waals surface area contributed by atoms with Gasteiger partial charge in [-0.15, -0.1) is 0 Å². The van der Waals surface area contributed by atoms with Crippen molar-refractivity contribution in [1.29, 1.82) is 0 Å². The zero-order valence-electron chi connectivity index (χ0n) is 14.3. The number of carbonyl (C=O) groups excluding carboxylic acids is 2. The largest absolute Gasteiger partial charge is 0.353 e. The molecule has 5 heteroatoms. The predicted molar refractivity (Wildman–Crippen MR) is 89.9 cm³/mol. The smallest absolute Gasteiger partial charge is 0.232 e. The van der Waals surface area contributed by atoms with Crippen LogP contribution in [0.5, 0.6) is 0 Å². The molecule has 3 rings (SSSR count). The third-order valence-electron chi connectivity index (χ3n) is 5.16. The predicted octanol–water partition coefficient (Wildman–Crippen LogP) is 2.62. The van der Waals surface area contributed by atoms with Crippen LogP contribution in [-0.2, 0) is 15.0 Å². The van der Waals surface area contributed by atoms with Crippen LogP contribution in [0.2, 0.25) is 0 Å². The van der Waals surface area contributed by atoms with Crippen LogP contribution < -0.4 is 5.32 Å². The van der Waals surface area contributed by atoms with Crippen LogP contribution in [0, 0.1) is 11.7 Å². The highest BCUT2D eigenvalue weighted by Gasteiger charge is 2.37. The third-order valence-corrected chi connectivity index (χ3v) is 5.16. The summed E-state index contributed by atoms with van der Waals surface area (Å²) in [6.45, 7) is 4.94. The Balaban J connectivity index is 1.58. The Hall–Kier alpha value is -1.91. The molecule has 0 bridgehead atoms. The Bertz CT molecular complexity index is 632. The van der Waals surface area contributed by atoms with Gasteiger partial charge in [0.25, 0.3) is 0 Å². The monoisotopic (exact) mass is 332 g/mol. The van der Waals surface area contributed by atoms with Gasteiger partial charge in [-0.05, 0) is 57.2 Å². The SMILES string of the molecule is CC(C)(C(=O)N1CCC(NC(=O)C2CC2)CC1)c1cccc(F)c1. The quantitative estimate of drug-likeness (QED) is 0.921. The van der Waals surface area contributed by atoms with E-state index in [2.05, 4.69) is 5.32 Å². The number of carbonyl (C=O) groups is 2. The maximum atomic E-state index is 13.5. The van der Waals surface area contributed by atoms with Crippen molar-refractivity contribution in [3.8, 4) is 0 Å². The van der Waals surface area contributed by atoms with Crippen LogP contribution in [0.15, 0.2) is 24.3 Å². The van der Waals surface area contributed by atoms with Gasteiger partial charge in [0.05, 0.1) is 5.41 Å². The summed E-state index contributed by atoms with van der Waals surface area (Å²) in [4.78, 5) is 26.6. The standard InChI is InChI=1S/C19H25FN2O2/c1-19(2,14-4-3-5-15(20)12-14)18(24)22-10-8-16(9-11-22)21-17(23)13-6-7-13/h3-5,12-13,16H,6-11H2,1-2H3,(H,21,23). The molecule has 2 amide bonds. The number of piperidine rings is 1. The lowest BCUT2D eigenvalue weighted by molar-refractivity contribution is -0.137. The fourth-order valence-corrected chi connectivity index (χ4v) is 3.29. The zero-order chi connectivity index (χ0) is 17.3. The molecule has 1 aliphatic heterocycles. The van der Waals surface area contributed by atoms with E-state index >= 15 is 0 Å². The topological polar surface area (TPSA) is 49.4 Å². The highest BCUT2D eigenvalue weighted by atomic mass is 19.1. The molecular formula is C19H25FN2O2. The van der Waals surface area contributed by atoms with Crippen LogP contribution in [0.3, 0.4) is 0 Å². The van der Waals surface area contributed by atoms with Crippen LogP contribution in [0.1, 0.15) is 45.1 Å². The van der Waals surface area contributed by atoms with E-state index in [1.54, 1.807) is 12.1 Å². The average molecular weight is 332 g/mol. The van der Waals surface area contributed by atoms with Crippen molar-refractivity contribution in [3.63, 3.8) is 0 Å². The van der Waals surface area contributed by atoms with Gasteiger partial charge in [0.1, 0.15) is 5.82 Å². The van der Waals surface area contributed by atoms with Crippen molar-refractivity contribution < 1.29 is 14.0 Å². The first-order valence-electron chi connectivity index (χ1n) is 8.74. The Morgan fingerprint density at radius 2 is 1.83 bits per heavy atom. The lowest BCUT2D eigenvalue weighted by Gasteiger charge is -2.37. The zero-order valence-corrected chi connectivity index (χ0v) is 14.3. The van der Waals surface area contributed by atoms with Gasteiger partial charge in [-0.3, -0.25) is 9.59 Å². The minimum Gasteiger partial charge on any atom is -0.353 e. The van der Waals surface area contributed by atoms with E-state index in [1.165, 1.54) is 12.1 Å². The minimum atomic E-state index is -0.758. The molecule has 1 saturated heterocycles. The number of benzene rings is 1. The van der Waals surface area contributed by atoms with Crippen molar-refractivity contribution in [1.82, 2.24) is 10.2 Å². The molecule has 1 aromatic rings. The Morgan fingerprint density at radius 1 is 1.17 bits per heavy atom. The third kappa shape index (κ3) is 3.60. The first kappa shape index (κ1) is 16.9. The summed E-state index contributed by atoms with van der Waals surface area (Å²) >= 11 is 0. The fourth-order valence-electron chi connectivity index (χ4n) is 3.29. The highest BCUT2D eigenvalue weighted by molar-refractivity contribution is 5.87. The molecule has 0 aromatic heterocycles. The van der Waals surface area contributed by atoms with E-state index in [9.17, 15) is 14.0 Å². The first-order chi connectivity index (χ1) is 11.4. The summed E-state index contributed by atoms with van der Waals surface area (Å²) in [5.74, 6) is 0.0754. The van der Waals surface area contributed by atoms with Crippen molar-refractivity contribution in [2.45, 2.75) is 51.0 Å². The summed E-state index contributed by atoms with van der Waals surface area (Å²) in [5, 5.41) is 3.09. The molecule has 0 atom stereocenters. The van der Waals surface area contributed by atoms with Gasteiger partial charge in [0.2, 0.25) is 11.8 Å². The molecule has 4 nitrogen and oxygen atoms in total. The second-order valence-electron chi connectivity index (χ2n) is 7.48. The summed E-state index contributed by atoms with van der Waals surface area (Å²) in [5.41, 5.74) is -0.0664. The molecule has 0 spiro atoms. The lowest BCUT2D eigenvalue weighted by atomic mass is 9.82. The molecule has 1 aliphatic carbocycles. The summed E-state index contributed by atoms with van der Waals surface area (Å²) in [7, 11) is 0. The average Bonchev–Trinajstić information content (AvgIpc) is 3.40. The van der Waals surface area contributed by atoms with Gasteiger partial charge < -0.3 is 10.2 Å². The van der Waals surface area contributed by atoms with Crippen molar-refractivity contribution in [3.05, 3.63) is 35.6 Å². The van der Waals surface area contributed by atoms with E-state index in [4.69, 9.17) is 0 Å². The number of rotatable bonds is 4. The number of hydrogen-bond donors (Lipinski definition) is 1. The van der Waals surface area contributed by atoms with Gasteiger partial charge in [-0.25, -0.2) is 4.39 Å². The van der Waals surface area contributed by atoms with Crippen molar-refractivity contribution >= 4 is 11.8 Å². The molecule has 1 saturated carbocycles. The van der Waals surface area contributed by atoms with Gasteiger partial charge in [-0.1, -0.05) is 12.1 Å². The Labute approximate surface area is 142 Å². The number of nitrogens with one attached hydrogen (secondary N) is 1. The lowest BCUT2D eigenvalue weighted by Crippen LogP contribution is -2.51. The number of nitrogens with zero attached hydrogens (tertiary/aromatic N) is 1. The molecule has 130 valence electrons. The molecule has 2 aliphatic rings. The van der Waals surface area contributed by atoms with Gasteiger partial charge in [0, 0.05) is 25.0 Å². The Morgan fingerprint density at radius 3 is 2.42 bits per heavy atom. The molecule has 1 heterocycles. The maximum absolute atomic E-state index is 13.5. The van der Waals surface area contributed by atoms with Gasteiger partial charge >= 0.3 is 0 Å². The second-order valence-corrected chi connectivity index (χ2v) is 7.48. The highest BCUT2D eigenvalue weighted by Crippen LogP contribution is 2.30. The maximum Gasteiger partial charge on any atom is 0.232 e. The van der Waals surface area contributed by atoms with Crippen molar-refractivity contribution in [2.24, 2.45) is 5.92 Å². The fraction of sp³-hybridized carbons (Fsp3) is 0.579. The van der Waals surface area contributed by atoms with E-state index in [1.807, 2.05) is 18.7 Å². The molecule has 1 aromatic carbocycles. The number of amides is 2. The van der Waals surface area contributed by atoms with E-state index in [0.29, 0.717) is 18.7 Å². The van der Waals surface area contributed by atoms with Crippen LogP contribution >= 0.6 is 0 Å². The molecule has 1 N–H and O–H groups in total. The summed E-state index contributed by atoms with van der Waals surface area (Å²) in [6, 6.07) is 6.42. The van der Waals surface area contributed by atoms with Gasteiger partial charge in [0.15, 0.2) is 0 Å². The second kappa shape index (κ2) is 6.54. The normalized spacial score (nSPS) is 19.2. The Kier molecular flexibility index (Phi) is 4.61. The first-order valence-corrected chi connectivity index (χ1v) is 8.74. The number of hydrogen-bond acceptors (Lipinski definition) is 2. The molecule has 2 fully saturated rings. The molecule has 0 radical (unpaired) electrons. The molecule has 0 unspecified atom stereocenters. The molecular weight excluding hydrogens is 307 g/mol. The van der Waals surface area contributed by atoms with Gasteiger partial charge in [-0.2, -0.15) is 0 Å². The van der Waals surface area contributed by atoms with Crippen LogP contribution in [0.25, 0.3) is 0 Å². The van der Waals surface area contributed by atoms with E-state index < -0.39 is 5.41 Å². The summed E-state index contributed by atoms with van der Waals surface area (Å²) < 4.78 is 13.5. The number of halogens is 1. The van der Waals surface area contributed by atoms with E-state index in [-0.39, 0.29) is 29.6 Å². The summed E-state index contributed by atoms with van der Waals surface area (Å²) in [6.07, 6.45) is 3.57. The molecule has 24 heavy (non-hydrogen) atoms. The van der Waals surface area contributed by atoms with Crippen molar-refractivity contribution in [2.75, 3.05) is 13.1 Å². The van der Waals surface area contributed by atoms with E-state index in [0.717, 1.165) is 25.7 Å². The number of likely N-dealkylation sites (tertiary alicyclic amines) is 1.